The Hall–Kier alpha value is -1.48. The fourth-order valence-electron chi connectivity index (χ4n) is 1.87. The van der Waals surface area contributed by atoms with Gasteiger partial charge in [0.25, 0.3) is 0 Å². The van der Waals surface area contributed by atoms with E-state index in [1.165, 1.54) is 0 Å². The second-order valence-corrected chi connectivity index (χ2v) is 4.15. The predicted molar refractivity (Wildman–Crippen MR) is 70.8 cm³/mol. The van der Waals surface area contributed by atoms with Gasteiger partial charge in [0.15, 0.2) is 0 Å². The minimum atomic E-state index is 0.120. The van der Waals surface area contributed by atoms with Crippen LogP contribution in [0.25, 0.3) is 0 Å². The van der Waals surface area contributed by atoms with E-state index in [0.29, 0.717) is 0 Å². The zero-order valence-corrected chi connectivity index (χ0v) is 10.8. The number of nitrogens with two attached hydrogens (primary N) is 1. The molecular formula is C14H21NO2. The third-order valence-electron chi connectivity index (χ3n) is 2.57. The van der Waals surface area contributed by atoms with Crippen molar-refractivity contribution in [2.24, 2.45) is 5.73 Å². The summed E-state index contributed by atoms with van der Waals surface area (Å²) in [5.41, 5.74) is 7.96. The molecule has 1 atom stereocenters. The molecule has 0 amide bonds. The standard InChI is InChI=1S/C14H21NO2/c1-5-6-12-13(16-3)8-11(7-10(2)15)9-14(12)17-4/h5,8-10H,1,6-7,15H2,2-4H3. The van der Waals surface area contributed by atoms with Gasteiger partial charge in [-0.05, 0) is 37.5 Å². The lowest BCUT2D eigenvalue weighted by molar-refractivity contribution is 0.386. The molecule has 2 N–H and O–H groups in total. The number of ether oxygens (including phenoxy) is 2. The normalized spacial score (nSPS) is 12.0. The van der Waals surface area contributed by atoms with Gasteiger partial charge in [-0.1, -0.05) is 6.08 Å². The van der Waals surface area contributed by atoms with Gasteiger partial charge >= 0.3 is 0 Å². The van der Waals surface area contributed by atoms with E-state index in [0.717, 1.165) is 35.5 Å². The molecule has 1 unspecified atom stereocenters. The lowest BCUT2D eigenvalue weighted by atomic mass is 10.0. The number of methoxy groups -OCH3 is 2. The summed E-state index contributed by atoms with van der Waals surface area (Å²) in [6.07, 6.45) is 3.37. The molecular weight excluding hydrogens is 214 g/mol. The van der Waals surface area contributed by atoms with Gasteiger partial charge in [-0.15, -0.1) is 6.58 Å². The highest BCUT2D eigenvalue weighted by atomic mass is 16.5. The highest BCUT2D eigenvalue weighted by Crippen LogP contribution is 2.31. The molecule has 3 heteroatoms. The Balaban J connectivity index is 3.18. The molecule has 3 nitrogen and oxygen atoms in total. The second-order valence-electron chi connectivity index (χ2n) is 4.15. The molecule has 94 valence electrons. The van der Waals surface area contributed by atoms with E-state index < -0.39 is 0 Å². The summed E-state index contributed by atoms with van der Waals surface area (Å²) in [7, 11) is 3.33. The summed E-state index contributed by atoms with van der Waals surface area (Å²) in [5.74, 6) is 1.67. The molecule has 0 aliphatic rings. The van der Waals surface area contributed by atoms with E-state index in [1.807, 2.05) is 25.1 Å². The van der Waals surface area contributed by atoms with E-state index in [1.54, 1.807) is 14.2 Å². The van der Waals surface area contributed by atoms with Crippen LogP contribution in [0.4, 0.5) is 0 Å². The first-order valence-electron chi connectivity index (χ1n) is 5.72. The Kier molecular flexibility index (Phi) is 5.04. The Morgan fingerprint density at radius 3 is 2.18 bits per heavy atom. The second kappa shape index (κ2) is 6.30. The van der Waals surface area contributed by atoms with Crippen molar-refractivity contribution >= 4 is 0 Å². The zero-order valence-electron chi connectivity index (χ0n) is 10.8. The predicted octanol–water partition coefficient (Wildman–Crippen LogP) is 2.32. The lowest BCUT2D eigenvalue weighted by Gasteiger charge is -2.15. The molecule has 0 saturated heterocycles. The molecule has 0 aliphatic carbocycles. The van der Waals surface area contributed by atoms with Crippen LogP contribution in [0.3, 0.4) is 0 Å². The summed E-state index contributed by atoms with van der Waals surface area (Å²) in [4.78, 5) is 0. The topological polar surface area (TPSA) is 44.5 Å². The summed E-state index contributed by atoms with van der Waals surface area (Å²) >= 11 is 0. The van der Waals surface area contributed by atoms with Crippen molar-refractivity contribution in [3.8, 4) is 11.5 Å². The van der Waals surface area contributed by atoms with Crippen molar-refractivity contribution in [2.45, 2.75) is 25.8 Å². The van der Waals surface area contributed by atoms with E-state index in [2.05, 4.69) is 6.58 Å². The van der Waals surface area contributed by atoms with E-state index in [4.69, 9.17) is 15.2 Å². The van der Waals surface area contributed by atoms with Gasteiger partial charge in [0.2, 0.25) is 0 Å². The molecule has 0 bridgehead atoms. The van der Waals surface area contributed by atoms with E-state index in [-0.39, 0.29) is 6.04 Å². The van der Waals surface area contributed by atoms with Crippen LogP contribution in [-0.2, 0) is 12.8 Å². The fraction of sp³-hybridized carbons (Fsp3) is 0.429. The van der Waals surface area contributed by atoms with Gasteiger partial charge in [-0.2, -0.15) is 0 Å². The molecule has 0 fully saturated rings. The number of allylic oxidation sites excluding steroid dienone is 1. The van der Waals surface area contributed by atoms with Gasteiger partial charge in [-0.3, -0.25) is 0 Å². The first-order chi connectivity index (χ1) is 8.12. The van der Waals surface area contributed by atoms with Crippen molar-refractivity contribution in [1.82, 2.24) is 0 Å². The lowest BCUT2D eigenvalue weighted by Crippen LogP contribution is -2.18. The smallest absolute Gasteiger partial charge is 0.126 e. The van der Waals surface area contributed by atoms with Crippen molar-refractivity contribution in [1.29, 1.82) is 0 Å². The minimum absolute atomic E-state index is 0.120. The first kappa shape index (κ1) is 13.6. The van der Waals surface area contributed by atoms with Crippen molar-refractivity contribution < 1.29 is 9.47 Å². The third kappa shape index (κ3) is 3.49. The van der Waals surface area contributed by atoms with Crippen molar-refractivity contribution in [2.75, 3.05) is 14.2 Å². The number of rotatable bonds is 6. The van der Waals surface area contributed by atoms with Crippen LogP contribution in [-0.4, -0.2) is 20.3 Å². The number of hydrogen-bond acceptors (Lipinski definition) is 3. The third-order valence-corrected chi connectivity index (χ3v) is 2.57. The molecule has 0 spiro atoms. The van der Waals surface area contributed by atoms with Gasteiger partial charge < -0.3 is 15.2 Å². The molecule has 0 saturated carbocycles. The van der Waals surface area contributed by atoms with E-state index in [9.17, 15) is 0 Å². The van der Waals surface area contributed by atoms with Crippen LogP contribution < -0.4 is 15.2 Å². The molecule has 0 aliphatic heterocycles. The molecule has 1 rings (SSSR count). The SMILES string of the molecule is C=CCc1c(OC)cc(CC(C)N)cc1OC. The minimum Gasteiger partial charge on any atom is -0.496 e. The molecule has 1 aromatic carbocycles. The Bertz CT molecular complexity index is 361. The summed E-state index contributed by atoms with van der Waals surface area (Å²) in [6.45, 7) is 5.73. The Morgan fingerprint density at radius 1 is 1.29 bits per heavy atom. The van der Waals surface area contributed by atoms with Crippen molar-refractivity contribution in [3.63, 3.8) is 0 Å². The van der Waals surface area contributed by atoms with Gasteiger partial charge in [0, 0.05) is 11.6 Å². The summed E-state index contributed by atoms with van der Waals surface area (Å²) in [6, 6.07) is 4.16. The highest BCUT2D eigenvalue weighted by Gasteiger charge is 2.11. The number of hydrogen-bond donors (Lipinski definition) is 1. The molecule has 0 aromatic heterocycles. The molecule has 1 aromatic rings. The fourth-order valence-corrected chi connectivity index (χ4v) is 1.87. The highest BCUT2D eigenvalue weighted by molar-refractivity contribution is 5.49. The monoisotopic (exact) mass is 235 g/mol. The zero-order chi connectivity index (χ0) is 12.8. The Morgan fingerprint density at radius 2 is 1.82 bits per heavy atom. The van der Waals surface area contributed by atoms with Gasteiger partial charge in [-0.25, -0.2) is 0 Å². The van der Waals surface area contributed by atoms with E-state index >= 15 is 0 Å². The quantitative estimate of drug-likeness (QED) is 0.770. The first-order valence-corrected chi connectivity index (χ1v) is 5.72. The van der Waals surface area contributed by atoms with Crippen LogP contribution in [0, 0.1) is 0 Å². The summed E-state index contributed by atoms with van der Waals surface area (Å²) in [5, 5.41) is 0. The molecule has 0 radical (unpaired) electrons. The average molecular weight is 235 g/mol. The number of benzene rings is 1. The molecule has 0 heterocycles. The largest absolute Gasteiger partial charge is 0.496 e. The Labute approximate surface area is 103 Å². The van der Waals surface area contributed by atoms with Gasteiger partial charge in [0.05, 0.1) is 14.2 Å². The maximum absolute atomic E-state index is 5.81. The maximum atomic E-state index is 5.81. The van der Waals surface area contributed by atoms with Crippen LogP contribution in [0.2, 0.25) is 0 Å². The van der Waals surface area contributed by atoms with Gasteiger partial charge in [0.1, 0.15) is 11.5 Å². The van der Waals surface area contributed by atoms with Crippen LogP contribution in [0.15, 0.2) is 24.8 Å². The van der Waals surface area contributed by atoms with Crippen LogP contribution >= 0.6 is 0 Å². The van der Waals surface area contributed by atoms with Crippen molar-refractivity contribution in [3.05, 3.63) is 35.9 Å². The summed E-state index contributed by atoms with van der Waals surface area (Å²) < 4.78 is 10.8. The molecule has 17 heavy (non-hydrogen) atoms. The maximum Gasteiger partial charge on any atom is 0.126 e. The van der Waals surface area contributed by atoms with Crippen LogP contribution in [0.5, 0.6) is 11.5 Å². The van der Waals surface area contributed by atoms with Crippen LogP contribution in [0.1, 0.15) is 18.1 Å². The average Bonchev–Trinajstić information content (AvgIpc) is 2.30.